The molecule has 0 heterocycles. The minimum atomic E-state index is -1.39. The summed E-state index contributed by atoms with van der Waals surface area (Å²) < 4.78 is 0. The van der Waals surface area contributed by atoms with E-state index in [1.807, 2.05) is 6.92 Å². The molecule has 1 aromatic rings. The second-order valence-electron chi connectivity index (χ2n) is 4.91. The van der Waals surface area contributed by atoms with E-state index in [4.69, 9.17) is 0 Å². The normalized spacial score (nSPS) is 11.5. The zero-order chi connectivity index (χ0) is 10.9. The summed E-state index contributed by atoms with van der Waals surface area (Å²) in [6, 6.07) is 4.25. The molecule has 14 heavy (non-hydrogen) atoms. The van der Waals surface area contributed by atoms with Gasteiger partial charge in [-0.3, -0.25) is 4.79 Å². The Labute approximate surface area is 87.2 Å². The minimum absolute atomic E-state index is 0.912. The van der Waals surface area contributed by atoms with Crippen LogP contribution in [0.15, 0.2) is 12.1 Å². The third-order valence-corrected chi connectivity index (χ3v) is 4.49. The Kier molecular flexibility index (Phi) is 2.95. The average molecular weight is 206 g/mol. The van der Waals surface area contributed by atoms with E-state index in [0.29, 0.717) is 0 Å². The van der Waals surface area contributed by atoms with E-state index in [2.05, 4.69) is 38.7 Å². The van der Waals surface area contributed by atoms with Crippen LogP contribution in [0.3, 0.4) is 0 Å². The highest BCUT2D eigenvalue weighted by Gasteiger charge is 2.21. The smallest absolute Gasteiger partial charge is 0.150 e. The van der Waals surface area contributed by atoms with Gasteiger partial charge in [-0.05, 0) is 24.6 Å². The first-order valence-electron chi connectivity index (χ1n) is 4.93. The lowest BCUT2D eigenvalue weighted by molar-refractivity contribution is 0.112. The van der Waals surface area contributed by atoms with E-state index in [0.717, 1.165) is 17.4 Å². The second kappa shape index (κ2) is 3.69. The molecule has 0 bridgehead atoms. The van der Waals surface area contributed by atoms with Crippen molar-refractivity contribution in [3.05, 3.63) is 28.8 Å². The van der Waals surface area contributed by atoms with Crippen molar-refractivity contribution in [2.45, 2.75) is 33.5 Å². The van der Waals surface area contributed by atoms with Crippen molar-refractivity contribution < 1.29 is 4.79 Å². The first-order valence-corrected chi connectivity index (χ1v) is 8.43. The fraction of sp³-hybridized carbons (Fsp3) is 0.417. The van der Waals surface area contributed by atoms with E-state index < -0.39 is 8.07 Å². The number of aryl methyl sites for hydroxylation is 2. The van der Waals surface area contributed by atoms with Crippen LogP contribution < -0.4 is 5.19 Å². The Bertz CT molecular complexity index is 361. The predicted octanol–water partition coefficient (Wildman–Crippen LogP) is 2.66. The van der Waals surface area contributed by atoms with Gasteiger partial charge >= 0.3 is 0 Å². The van der Waals surface area contributed by atoms with E-state index in [-0.39, 0.29) is 0 Å². The van der Waals surface area contributed by atoms with Crippen LogP contribution in [0, 0.1) is 13.8 Å². The van der Waals surface area contributed by atoms with Crippen LogP contribution in [0.1, 0.15) is 21.5 Å². The summed E-state index contributed by atoms with van der Waals surface area (Å²) in [7, 11) is -1.39. The number of hydrogen-bond donors (Lipinski definition) is 0. The molecular formula is C12H18OSi. The summed E-state index contributed by atoms with van der Waals surface area (Å²) in [4.78, 5) is 11.0. The summed E-state index contributed by atoms with van der Waals surface area (Å²) in [5.41, 5.74) is 3.28. The Morgan fingerprint density at radius 3 is 2.14 bits per heavy atom. The maximum atomic E-state index is 11.0. The third kappa shape index (κ3) is 2.12. The Hall–Kier alpha value is -0.893. The van der Waals surface area contributed by atoms with Gasteiger partial charge in [0.15, 0.2) is 0 Å². The molecule has 0 radical (unpaired) electrons. The summed E-state index contributed by atoms with van der Waals surface area (Å²) in [6.07, 6.45) is 1.00. The first-order chi connectivity index (χ1) is 6.36. The van der Waals surface area contributed by atoms with Gasteiger partial charge in [-0.1, -0.05) is 37.3 Å². The lowest BCUT2D eigenvalue weighted by Gasteiger charge is -2.20. The van der Waals surface area contributed by atoms with Crippen LogP contribution in [0.4, 0.5) is 0 Å². The number of rotatable bonds is 2. The van der Waals surface area contributed by atoms with Crippen molar-refractivity contribution in [1.82, 2.24) is 0 Å². The number of hydrogen-bond acceptors (Lipinski definition) is 1. The molecule has 0 atom stereocenters. The molecule has 0 saturated carbocycles. The standard InChI is InChI=1S/C12H18OSi/c1-9-6-10(2)11(8-13)12(7-9)14(3,4)5/h6-8H,1-5H3. The van der Waals surface area contributed by atoms with Gasteiger partial charge in [-0.25, -0.2) is 0 Å². The second-order valence-corrected chi connectivity index (χ2v) is 9.95. The van der Waals surface area contributed by atoms with Crippen molar-refractivity contribution >= 4 is 19.5 Å². The van der Waals surface area contributed by atoms with Crippen LogP contribution >= 0.6 is 0 Å². The van der Waals surface area contributed by atoms with Gasteiger partial charge in [0.2, 0.25) is 0 Å². The monoisotopic (exact) mass is 206 g/mol. The molecule has 0 aromatic heterocycles. The third-order valence-electron chi connectivity index (χ3n) is 2.46. The van der Waals surface area contributed by atoms with Crippen molar-refractivity contribution in [2.24, 2.45) is 0 Å². The quantitative estimate of drug-likeness (QED) is 0.537. The molecule has 0 N–H and O–H groups in total. The molecule has 0 aliphatic heterocycles. The van der Waals surface area contributed by atoms with Gasteiger partial charge in [0.25, 0.3) is 0 Å². The van der Waals surface area contributed by atoms with Gasteiger partial charge < -0.3 is 0 Å². The topological polar surface area (TPSA) is 17.1 Å². The highest BCUT2D eigenvalue weighted by molar-refractivity contribution is 6.89. The van der Waals surface area contributed by atoms with Crippen molar-refractivity contribution in [1.29, 1.82) is 0 Å². The number of aldehydes is 1. The van der Waals surface area contributed by atoms with Crippen molar-refractivity contribution in [3.63, 3.8) is 0 Å². The molecular weight excluding hydrogens is 188 g/mol. The lowest BCUT2D eigenvalue weighted by atomic mass is 10.1. The van der Waals surface area contributed by atoms with Crippen LogP contribution in [0.2, 0.25) is 19.6 Å². The SMILES string of the molecule is Cc1cc(C)c(C=O)c([Si](C)(C)C)c1. The maximum Gasteiger partial charge on any atom is 0.150 e. The zero-order valence-corrected chi connectivity index (χ0v) is 10.6. The number of carbonyl (C=O) groups is 1. The van der Waals surface area contributed by atoms with Gasteiger partial charge in [0, 0.05) is 5.56 Å². The molecule has 0 saturated heterocycles. The fourth-order valence-corrected chi connectivity index (χ4v) is 3.48. The molecule has 0 fully saturated rings. The first kappa shape index (κ1) is 11.2. The van der Waals surface area contributed by atoms with Crippen LogP contribution in [-0.4, -0.2) is 14.4 Å². The van der Waals surface area contributed by atoms with E-state index in [1.165, 1.54) is 10.8 Å². The van der Waals surface area contributed by atoms with Crippen molar-refractivity contribution in [2.75, 3.05) is 0 Å². The van der Waals surface area contributed by atoms with Gasteiger partial charge in [-0.2, -0.15) is 0 Å². The van der Waals surface area contributed by atoms with Gasteiger partial charge in [0.1, 0.15) is 6.29 Å². The summed E-state index contributed by atoms with van der Waals surface area (Å²) in [6.45, 7) is 10.9. The number of carbonyl (C=O) groups excluding carboxylic acids is 1. The lowest BCUT2D eigenvalue weighted by Crippen LogP contribution is -2.40. The molecule has 1 aromatic carbocycles. The van der Waals surface area contributed by atoms with E-state index in [1.54, 1.807) is 0 Å². The average Bonchev–Trinajstić information content (AvgIpc) is 2.01. The van der Waals surface area contributed by atoms with Crippen LogP contribution in [-0.2, 0) is 0 Å². The van der Waals surface area contributed by atoms with Crippen molar-refractivity contribution in [3.8, 4) is 0 Å². The number of benzene rings is 1. The summed E-state index contributed by atoms with van der Waals surface area (Å²) >= 11 is 0. The Balaban J connectivity index is 3.48. The highest BCUT2D eigenvalue weighted by Crippen LogP contribution is 2.12. The van der Waals surface area contributed by atoms with E-state index in [9.17, 15) is 4.79 Å². The summed E-state index contributed by atoms with van der Waals surface area (Å²) in [5.74, 6) is 0. The largest absolute Gasteiger partial charge is 0.298 e. The van der Waals surface area contributed by atoms with E-state index >= 15 is 0 Å². The molecule has 0 aliphatic rings. The molecule has 2 heteroatoms. The van der Waals surface area contributed by atoms with Crippen LogP contribution in [0.25, 0.3) is 0 Å². The van der Waals surface area contributed by atoms with Gasteiger partial charge in [-0.15, -0.1) is 0 Å². The zero-order valence-electron chi connectivity index (χ0n) is 9.64. The minimum Gasteiger partial charge on any atom is -0.298 e. The summed E-state index contributed by atoms with van der Waals surface area (Å²) in [5, 5.41) is 1.28. The molecule has 76 valence electrons. The Morgan fingerprint density at radius 2 is 1.71 bits per heavy atom. The highest BCUT2D eigenvalue weighted by atomic mass is 28.3. The molecule has 0 aliphatic carbocycles. The molecule has 0 amide bonds. The molecule has 1 nitrogen and oxygen atoms in total. The maximum absolute atomic E-state index is 11.0. The van der Waals surface area contributed by atoms with Gasteiger partial charge in [0.05, 0.1) is 8.07 Å². The molecule has 0 spiro atoms. The Morgan fingerprint density at radius 1 is 1.14 bits per heavy atom. The molecule has 1 rings (SSSR count). The fourth-order valence-electron chi connectivity index (χ4n) is 1.76. The predicted molar refractivity (Wildman–Crippen MR) is 64.3 cm³/mol. The van der Waals surface area contributed by atoms with Crippen LogP contribution in [0.5, 0.6) is 0 Å². The molecule has 0 unspecified atom stereocenters.